The Kier molecular flexibility index (Phi) is 6.10. The molecule has 0 fully saturated rings. The molecule has 1 atom stereocenters. The van der Waals surface area contributed by atoms with Gasteiger partial charge in [-0.05, 0) is 55.8 Å². The third-order valence-electron chi connectivity index (χ3n) is 6.47. The summed E-state index contributed by atoms with van der Waals surface area (Å²) >= 11 is 12.4. The number of benzene rings is 2. The number of hydrogen-bond donors (Lipinski definition) is 1. The quantitative estimate of drug-likeness (QED) is 0.594. The van der Waals surface area contributed by atoms with Gasteiger partial charge >= 0.3 is 6.18 Å². The second-order valence-corrected chi connectivity index (χ2v) is 9.60. The SMILES string of the molecule is CN1C(=O)C2=C(NCCN(C(=O)c3ccc(C(F)(F)F)cc3)C2c2ccc(Cl)c(Cl)c2)C1(C)C. The van der Waals surface area contributed by atoms with Gasteiger partial charge in [0.15, 0.2) is 0 Å². The predicted octanol–water partition coefficient (Wildman–Crippen LogP) is 5.30. The summed E-state index contributed by atoms with van der Waals surface area (Å²) in [6, 6.07) is 8.13. The summed E-state index contributed by atoms with van der Waals surface area (Å²) in [7, 11) is 1.69. The van der Waals surface area contributed by atoms with Crippen molar-refractivity contribution in [3.8, 4) is 0 Å². The van der Waals surface area contributed by atoms with Gasteiger partial charge in [-0.15, -0.1) is 0 Å². The van der Waals surface area contributed by atoms with E-state index in [1.807, 2.05) is 13.8 Å². The lowest BCUT2D eigenvalue weighted by Gasteiger charge is -2.33. The average molecular weight is 512 g/mol. The maximum absolute atomic E-state index is 13.6. The van der Waals surface area contributed by atoms with Gasteiger partial charge in [-0.1, -0.05) is 29.3 Å². The summed E-state index contributed by atoms with van der Waals surface area (Å²) in [5, 5.41) is 3.89. The van der Waals surface area contributed by atoms with E-state index in [2.05, 4.69) is 5.32 Å². The zero-order valence-corrected chi connectivity index (χ0v) is 20.1. The van der Waals surface area contributed by atoms with Crippen molar-refractivity contribution >= 4 is 35.0 Å². The van der Waals surface area contributed by atoms with Crippen LogP contribution in [0.4, 0.5) is 13.2 Å². The maximum Gasteiger partial charge on any atom is 0.416 e. The molecule has 10 heteroatoms. The van der Waals surface area contributed by atoms with Crippen molar-refractivity contribution in [3.63, 3.8) is 0 Å². The van der Waals surface area contributed by atoms with Crippen LogP contribution in [0.2, 0.25) is 10.0 Å². The first-order valence-corrected chi connectivity index (χ1v) is 11.3. The van der Waals surface area contributed by atoms with Crippen LogP contribution in [0.25, 0.3) is 0 Å². The Labute approximate surface area is 205 Å². The van der Waals surface area contributed by atoms with E-state index < -0.39 is 29.2 Å². The Morgan fingerprint density at radius 1 is 1.09 bits per heavy atom. The lowest BCUT2D eigenvalue weighted by molar-refractivity contribution is -0.137. The third kappa shape index (κ3) is 4.03. The highest BCUT2D eigenvalue weighted by atomic mass is 35.5. The molecule has 0 saturated carbocycles. The molecular formula is C24H22Cl2F3N3O2. The molecular weight excluding hydrogens is 490 g/mol. The summed E-state index contributed by atoms with van der Waals surface area (Å²) in [5.41, 5.74) is 0.253. The summed E-state index contributed by atoms with van der Waals surface area (Å²) in [4.78, 5) is 30.1. The molecule has 0 spiro atoms. The Hall–Kier alpha value is -2.71. The Morgan fingerprint density at radius 3 is 2.32 bits per heavy atom. The highest BCUT2D eigenvalue weighted by Crippen LogP contribution is 2.43. The highest BCUT2D eigenvalue weighted by Gasteiger charge is 2.49. The van der Waals surface area contributed by atoms with E-state index in [0.29, 0.717) is 28.4 Å². The molecule has 180 valence electrons. The lowest BCUT2D eigenvalue weighted by Crippen LogP contribution is -2.46. The molecule has 0 bridgehead atoms. The average Bonchev–Trinajstić information content (AvgIpc) is 2.93. The molecule has 2 amide bonds. The van der Waals surface area contributed by atoms with Crippen molar-refractivity contribution in [2.75, 3.05) is 20.1 Å². The Balaban J connectivity index is 1.85. The zero-order valence-electron chi connectivity index (χ0n) is 18.6. The first-order valence-electron chi connectivity index (χ1n) is 10.5. The van der Waals surface area contributed by atoms with Gasteiger partial charge in [0.05, 0.1) is 32.8 Å². The number of likely N-dealkylation sites (N-methyl/N-ethyl adjacent to an activating group) is 1. The molecule has 0 saturated heterocycles. The number of amides is 2. The fraction of sp³-hybridized carbons (Fsp3) is 0.333. The minimum absolute atomic E-state index is 0.0835. The molecule has 2 heterocycles. The van der Waals surface area contributed by atoms with E-state index in [9.17, 15) is 22.8 Å². The van der Waals surface area contributed by atoms with E-state index in [4.69, 9.17) is 23.2 Å². The molecule has 0 aliphatic carbocycles. The van der Waals surface area contributed by atoms with Crippen LogP contribution < -0.4 is 5.32 Å². The third-order valence-corrected chi connectivity index (χ3v) is 7.21. The van der Waals surface area contributed by atoms with E-state index in [0.717, 1.165) is 24.3 Å². The first kappa shape index (κ1) is 24.4. The largest absolute Gasteiger partial charge is 0.416 e. The molecule has 5 nitrogen and oxygen atoms in total. The number of rotatable bonds is 2. The van der Waals surface area contributed by atoms with Crippen molar-refractivity contribution in [2.24, 2.45) is 0 Å². The molecule has 2 aromatic carbocycles. The van der Waals surface area contributed by atoms with Crippen LogP contribution in [0, 0.1) is 0 Å². The normalized spacial score (nSPS) is 20.2. The number of hydrogen-bond acceptors (Lipinski definition) is 3. The van der Waals surface area contributed by atoms with E-state index in [-0.39, 0.29) is 23.0 Å². The number of alkyl halides is 3. The number of halogens is 5. The highest BCUT2D eigenvalue weighted by molar-refractivity contribution is 6.42. The van der Waals surface area contributed by atoms with Crippen molar-refractivity contribution in [3.05, 3.63) is 80.5 Å². The van der Waals surface area contributed by atoms with Gasteiger partial charge in [-0.25, -0.2) is 0 Å². The van der Waals surface area contributed by atoms with Crippen LogP contribution in [0.5, 0.6) is 0 Å². The fourth-order valence-electron chi connectivity index (χ4n) is 4.41. The minimum atomic E-state index is -4.51. The van der Waals surface area contributed by atoms with Crippen LogP contribution >= 0.6 is 23.2 Å². The van der Waals surface area contributed by atoms with Gasteiger partial charge in [0.1, 0.15) is 0 Å². The molecule has 1 unspecified atom stereocenters. The van der Waals surface area contributed by atoms with E-state index in [1.54, 1.807) is 30.1 Å². The van der Waals surface area contributed by atoms with Crippen molar-refractivity contribution in [1.29, 1.82) is 0 Å². The van der Waals surface area contributed by atoms with Crippen LogP contribution in [-0.4, -0.2) is 47.3 Å². The monoisotopic (exact) mass is 511 g/mol. The Bertz CT molecular complexity index is 1190. The summed E-state index contributed by atoms with van der Waals surface area (Å²) in [6.45, 7) is 4.37. The number of nitrogens with zero attached hydrogens (tertiary/aromatic N) is 2. The van der Waals surface area contributed by atoms with Gasteiger partial charge in [-0.3, -0.25) is 9.59 Å². The molecule has 4 rings (SSSR count). The maximum atomic E-state index is 13.6. The molecule has 1 N–H and O–H groups in total. The predicted molar refractivity (Wildman–Crippen MR) is 124 cm³/mol. The molecule has 0 radical (unpaired) electrons. The van der Waals surface area contributed by atoms with Gasteiger partial charge in [-0.2, -0.15) is 13.2 Å². The van der Waals surface area contributed by atoms with Gasteiger partial charge in [0.25, 0.3) is 11.8 Å². The first-order chi connectivity index (χ1) is 15.8. The number of carbonyl (C=O) groups is 2. The van der Waals surface area contributed by atoms with Crippen LogP contribution in [0.15, 0.2) is 53.7 Å². The topological polar surface area (TPSA) is 52.7 Å². The molecule has 34 heavy (non-hydrogen) atoms. The zero-order chi connectivity index (χ0) is 25.0. The smallest absolute Gasteiger partial charge is 0.384 e. The van der Waals surface area contributed by atoms with Crippen molar-refractivity contribution < 1.29 is 22.8 Å². The van der Waals surface area contributed by atoms with Gasteiger partial charge in [0.2, 0.25) is 0 Å². The van der Waals surface area contributed by atoms with Crippen molar-refractivity contribution in [1.82, 2.24) is 15.1 Å². The van der Waals surface area contributed by atoms with Crippen LogP contribution in [0.3, 0.4) is 0 Å². The summed E-state index contributed by atoms with van der Waals surface area (Å²) in [5.74, 6) is -0.754. The van der Waals surface area contributed by atoms with E-state index >= 15 is 0 Å². The standard InChI is InChI=1S/C24H22Cl2F3N3O2/c1-23(2)20-18(22(34)31(23)3)19(14-6-9-16(25)17(26)12-14)32(11-10-30-20)21(33)13-4-7-15(8-5-13)24(27,28)29/h4-9,12,19,30H,10-11H2,1-3H3. The molecule has 2 aliphatic heterocycles. The Morgan fingerprint density at radius 2 is 1.74 bits per heavy atom. The van der Waals surface area contributed by atoms with Crippen LogP contribution in [0.1, 0.15) is 41.4 Å². The number of nitrogens with one attached hydrogen (secondary N) is 1. The molecule has 2 aromatic rings. The number of carbonyl (C=O) groups excluding carboxylic acids is 2. The van der Waals surface area contributed by atoms with Crippen LogP contribution in [-0.2, 0) is 11.0 Å². The summed E-state index contributed by atoms with van der Waals surface area (Å²) < 4.78 is 39.0. The van der Waals surface area contributed by atoms with Gasteiger partial charge < -0.3 is 15.1 Å². The van der Waals surface area contributed by atoms with Crippen molar-refractivity contribution in [2.45, 2.75) is 31.6 Å². The minimum Gasteiger partial charge on any atom is -0.384 e. The molecule has 0 aromatic heterocycles. The second kappa shape index (κ2) is 8.50. The fourth-order valence-corrected chi connectivity index (χ4v) is 4.71. The lowest BCUT2D eigenvalue weighted by atomic mass is 9.92. The summed E-state index contributed by atoms with van der Waals surface area (Å²) in [6.07, 6.45) is -4.51. The van der Waals surface area contributed by atoms with E-state index in [1.165, 1.54) is 4.90 Å². The van der Waals surface area contributed by atoms with Gasteiger partial charge in [0, 0.05) is 31.4 Å². The second-order valence-electron chi connectivity index (χ2n) is 8.79. The molecule has 2 aliphatic rings.